The molecule has 1 heterocycles. The maximum Gasteiger partial charge on any atom is 0.157 e. The highest BCUT2D eigenvalue weighted by atomic mass is 32.1. The van der Waals surface area contributed by atoms with Gasteiger partial charge in [-0.05, 0) is 6.07 Å². The van der Waals surface area contributed by atoms with Gasteiger partial charge in [0.1, 0.15) is 0 Å². The van der Waals surface area contributed by atoms with Gasteiger partial charge in [0.05, 0.1) is 6.61 Å². The molecule has 0 bridgehead atoms. The van der Waals surface area contributed by atoms with Gasteiger partial charge >= 0.3 is 0 Å². The van der Waals surface area contributed by atoms with Crippen molar-refractivity contribution in [2.24, 2.45) is 0 Å². The fourth-order valence-electron chi connectivity index (χ4n) is 1.23. The summed E-state index contributed by atoms with van der Waals surface area (Å²) in [5.74, 6) is 0. The molecule has 0 spiro atoms. The van der Waals surface area contributed by atoms with Gasteiger partial charge < -0.3 is 10.1 Å². The summed E-state index contributed by atoms with van der Waals surface area (Å²) in [6.45, 7) is 0.640. The number of thiocarbonyl (C=S) groups is 1. The maximum absolute atomic E-state index is 5.38. The average molecular weight is 179 g/mol. The summed E-state index contributed by atoms with van der Waals surface area (Å²) in [6, 6.07) is 8.07. The fourth-order valence-corrected chi connectivity index (χ4v) is 1.38. The summed E-state index contributed by atoms with van der Waals surface area (Å²) in [7, 11) is 0. The Bertz CT molecular complexity index is 300. The van der Waals surface area contributed by atoms with E-state index in [4.69, 9.17) is 17.0 Å². The molecule has 0 amide bonds. The minimum atomic E-state index is -0.116. The molecule has 0 aliphatic carbocycles. The Morgan fingerprint density at radius 3 is 3.17 bits per heavy atom. The molecule has 0 saturated carbocycles. The second-order valence-electron chi connectivity index (χ2n) is 2.67. The van der Waals surface area contributed by atoms with Crippen LogP contribution in [-0.2, 0) is 11.3 Å². The number of hydrogen-bond donors (Lipinski definition) is 1. The van der Waals surface area contributed by atoms with Gasteiger partial charge in [-0.25, -0.2) is 0 Å². The van der Waals surface area contributed by atoms with Crippen LogP contribution in [0.15, 0.2) is 24.3 Å². The highest BCUT2D eigenvalue weighted by Gasteiger charge is 2.14. The molecule has 1 atom stereocenters. The van der Waals surface area contributed by atoms with Crippen LogP contribution in [0.3, 0.4) is 0 Å². The molecule has 3 heteroatoms. The van der Waals surface area contributed by atoms with Crippen LogP contribution in [0.4, 0.5) is 5.69 Å². The third kappa shape index (κ3) is 1.33. The summed E-state index contributed by atoms with van der Waals surface area (Å²) in [5.41, 5.74) is 2.31. The first-order valence-electron chi connectivity index (χ1n) is 3.81. The van der Waals surface area contributed by atoms with Gasteiger partial charge in [-0.15, -0.1) is 0 Å². The predicted octanol–water partition coefficient (Wildman–Crippen LogP) is 1.95. The lowest BCUT2D eigenvalue weighted by molar-refractivity contribution is 0.0975. The molecule has 1 unspecified atom stereocenters. The monoisotopic (exact) mass is 179 g/mol. The SMILES string of the molecule is S=CC1Nc2ccccc2CO1. The highest BCUT2D eigenvalue weighted by molar-refractivity contribution is 7.79. The van der Waals surface area contributed by atoms with E-state index in [1.807, 2.05) is 24.3 Å². The van der Waals surface area contributed by atoms with Crippen molar-refractivity contribution >= 4 is 23.3 Å². The zero-order chi connectivity index (χ0) is 8.39. The lowest BCUT2D eigenvalue weighted by Crippen LogP contribution is -2.28. The molecule has 1 aliphatic rings. The van der Waals surface area contributed by atoms with Crippen molar-refractivity contribution in [2.45, 2.75) is 12.8 Å². The van der Waals surface area contributed by atoms with E-state index < -0.39 is 0 Å². The van der Waals surface area contributed by atoms with Crippen molar-refractivity contribution in [2.75, 3.05) is 5.32 Å². The fraction of sp³-hybridized carbons (Fsp3) is 0.222. The summed E-state index contributed by atoms with van der Waals surface area (Å²) in [6.07, 6.45) is -0.116. The average Bonchev–Trinajstić information content (AvgIpc) is 2.17. The molecular formula is C9H9NOS. The number of nitrogens with one attached hydrogen (secondary N) is 1. The molecule has 0 fully saturated rings. The molecule has 0 saturated heterocycles. The van der Waals surface area contributed by atoms with Gasteiger partial charge in [-0.3, -0.25) is 0 Å². The van der Waals surface area contributed by atoms with Crippen molar-refractivity contribution < 1.29 is 4.74 Å². The summed E-state index contributed by atoms with van der Waals surface area (Å²) < 4.78 is 5.38. The smallest absolute Gasteiger partial charge is 0.157 e. The Balaban J connectivity index is 2.28. The number of hydrogen-bond acceptors (Lipinski definition) is 3. The molecule has 2 rings (SSSR count). The van der Waals surface area contributed by atoms with Crippen molar-refractivity contribution in [3.05, 3.63) is 29.8 Å². The third-order valence-electron chi connectivity index (χ3n) is 1.86. The van der Waals surface area contributed by atoms with Crippen LogP contribution in [0, 0.1) is 0 Å². The number of rotatable bonds is 1. The van der Waals surface area contributed by atoms with Crippen LogP contribution in [0.1, 0.15) is 5.56 Å². The van der Waals surface area contributed by atoms with E-state index in [1.165, 1.54) is 5.56 Å². The van der Waals surface area contributed by atoms with Crippen LogP contribution in [0.25, 0.3) is 0 Å². The minimum Gasteiger partial charge on any atom is -0.356 e. The highest BCUT2D eigenvalue weighted by Crippen LogP contribution is 2.21. The minimum absolute atomic E-state index is 0.116. The molecule has 62 valence electrons. The Kier molecular flexibility index (Phi) is 2.06. The number of fused-ring (bicyclic) bond motifs is 1. The second-order valence-corrected chi connectivity index (χ2v) is 2.94. The predicted molar refractivity (Wildman–Crippen MR) is 52.3 cm³/mol. The van der Waals surface area contributed by atoms with Gasteiger partial charge in [0, 0.05) is 16.6 Å². The third-order valence-corrected chi connectivity index (χ3v) is 2.10. The van der Waals surface area contributed by atoms with Gasteiger partial charge in [-0.2, -0.15) is 0 Å². The van der Waals surface area contributed by atoms with Crippen molar-refractivity contribution in [3.8, 4) is 0 Å². The van der Waals surface area contributed by atoms with E-state index in [1.54, 1.807) is 5.37 Å². The first-order chi connectivity index (χ1) is 5.90. The molecule has 2 nitrogen and oxygen atoms in total. The van der Waals surface area contributed by atoms with E-state index in [0.29, 0.717) is 6.61 Å². The first-order valence-corrected chi connectivity index (χ1v) is 4.28. The maximum atomic E-state index is 5.38. The van der Waals surface area contributed by atoms with Crippen LogP contribution < -0.4 is 5.32 Å². The molecule has 0 radical (unpaired) electrons. The lowest BCUT2D eigenvalue weighted by atomic mass is 10.1. The van der Waals surface area contributed by atoms with Gasteiger partial charge in [0.2, 0.25) is 0 Å². The van der Waals surface area contributed by atoms with Crippen molar-refractivity contribution in [1.82, 2.24) is 0 Å². The molecule has 1 N–H and O–H groups in total. The summed E-state index contributed by atoms with van der Waals surface area (Å²) in [4.78, 5) is 0. The second kappa shape index (κ2) is 3.21. The molecule has 1 aliphatic heterocycles. The zero-order valence-corrected chi connectivity index (χ0v) is 7.30. The van der Waals surface area contributed by atoms with Crippen LogP contribution in [0.5, 0.6) is 0 Å². The lowest BCUT2D eigenvalue weighted by Gasteiger charge is -2.24. The first kappa shape index (κ1) is 7.71. The number of anilines is 1. The van der Waals surface area contributed by atoms with E-state index in [2.05, 4.69) is 5.32 Å². The molecular weight excluding hydrogens is 170 g/mol. The zero-order valence-electron chi connectivity index (χ0n) is 6.49. The van der Waals surface area contributed by atoms with Gasteiger partial charge in [-0.1, -0.05) is 30.4 Å². The van der Waals surface area contributed by atoms with Crippen LogP contribution in [-0.4, -0.2) is 11.6 Å². The van der Waals surface area contributed by atoms with E-state index in [9.17, 15) is 0 Å². The van der Waals surface area contributed by atoms with E-state index in [-0.39, 0.29) is 6.23 Å². The normalized spacial score (nSPS) is 20.8. The van der Waals surface area contributed by atoms with E-state index >= 15 is 0 Å². The quantitative estimate of drug-likeness (QED) is 0.666. The van der Waals surface area contributed by atoms with E-state index in [0.717, 1.165) is 5.69 Å². The van der Waals surface area contributed by atoms with Gasteiger partial charge in [0.25, 0.3) is 0 Å². The standard InChI is InChI=1S/C9H9NOS/c12-6-9-10-8-4-2-1-3-7(8)5-11-9/h1-4,6,9-10H,5H2. The van der Waals surface area contributed by atoms with Gasteiger partial charge in [0.15, 0.2) is 6.23 Å². The largest absolute Gasteiger partial charge is 0.356 e. The summed E-state index contributed by atoms with van der Waals surface area (Å²) in [5, 5.41) is 4.76. The number of benzene rings is 1. The number of para-hydroxylation sites is 1. The van der Waals surface area contributed by atoms with Crippen molar-refractivity contribution in [1.29, 1.82) is 0 Å². The molecule has 1 aromatic carbocycles. The number of ether oxygens (including phenoxy) is 1. The molecule has 1 aromatic rings. The Hall–Kier alpha value is -0.930. The molecule has 0 aromatic heterocycles. The summed E-state index contributed by atoms with van der Waals surface area (Å²) >= 11 is 4.79. The topological polar surface area (TPSA) is 21.3 Å². The van der Waals surface area contributed by atoms with Crippen LogP contribution in [0.2, 0.25) is 0 Å². The Labute approximate surface area is 76.5 Å². The molecule has 12 heavy (non-hydrogen) atoms. The van der Waals surface area contributed by atoms with Crippen molar-refractivity contribution in [3.63, 3.8) is 0 Å². The Morgan fingerprint density at radius 2 is 2.33 bits per heavy atom. The van der Waals surface area contributed by atoms with Crippen LogP contribution >= 0.6 is 12.2 Å². The Morgan fingerprint density at radius 1 is 1.50 bits per heavy atom.